The lowest BCUT2D eigenvalue weighted by molar-refractivity contribution is 0.318. The summed E-state index contributed by atoms with van der Waals surface area (Å²) >= 11 is 0. The SMILES string of the molecule is Cc1cccc(/C(N)=N/O)c1Oc1cnn(C(C)C)c1. The van der Waals surface area contributed by atoms with Crippen molar-refractivity contribution < 1.29 is 9.94 Å². The molecule has 6 heteroatoms. The third kappa shape index (κ3) is 2.74. The molecule has 20 heavy (non-hydrogen) atoms. The minimum atomic E-state index is 0.0138. The maximum Gasteiger partial charge on any atom is 0.173 e. The van der Waals surface area contributed by atoms with Gasteiger partial charge in [-0.1, -0.05) is 17.3 Å². The van der Waals surface area contributed by atoms with Crippen LogP contribution >= 0.6 is 0 Å². The number of para-hydroxylation sites is 1. The van der Waals surface area contributed by atoms with E-state index in [1.807, 2.05) is 39.1 Å². The molecule has 0 spiro atoms. The Labute approximate surface area is 117 Å². The summed E-state index contributed by atoms with van der Waals surface area (Å²) in [4.78, 5) is 0. The van der Waals surface area contributed by atoms with Crippen LogP contribution in [0.15, 0.2) is 35.7 Å². The fourth-order valence-electron chi connectivity index (χ4n) is 1.82. The fourth-order valence-corrected chi connectivity index (χ4v) is 1.82. The van der Waals surface area contributed by atoms with Gasteiger partial charge in [-0.2, -0.15) is 5.10 Å². The molecular weight excluding hydrogens is 256 g/mol. The molecule has 0 amide bonds. The number of hydrogen-bond acceptors (Lipinski definition) is 4. The van der Waals surface area contributed by atoms with Gasteiger partial charge in [0, 0.05) is 6.04 Å². The molecule has 106 valence electrons. The van der Waals surface area contributed by atoms with Crippen molar-refractivity contribution in [3.63, 3.8) is 0 Å². The molecule has 0 atom stereocenters. The summed E-state index contributed by atoms with van der Waals surface area (Å²) in [5.74, 6) is 1.19. The Balaban J connectivity index is 2.37. The second-order valence-corrected chi connectivity index (χ2v) is 4.79. The number of rotatable bonds is 4. The number of nitrogens with zero attached hydrogens (tertiary/aromatic N) is 3. The van der Waals surface area contributed by atoms with E-state index in [9.17, 15) is 0 Å². The first-order valence-electron chi connectivity index (χ1n) is 6.32. The van der Waals surface area contributed by atoms with Gasteiger partial charge in [0.05, 0.1) is 18.0 Å². The van der Waals surface area contributed by atoms with Gasteiger partial charge in [-0.25, -0.2) is 0 Å². The average molecular weight is 274 g/mol. The number of aromatic nitrogens is 2. The minimum absolute atomic E-state index is 0.0138. The van der Waals surface area contributed by atoms with Crippen LogP contribution in [0, 0.1) is 6.92 Å². The number of hydrogen-bond donors (Lipinski definition) is 2. The van der Waals surface area contributed by atoms with E-state index in [2.05, 4.69) is 10.3 Å². The number of nitrogens with two attached hydrogens (primary N) is 1. The summed E-state index contributed by atoms with van der Waals surface area (Å²) in [5, 5.41) is 16.1. The molecule has 2 rings (SSSR count). The molecule has 0 radical (unpaired) electrons. The van der Waals surface area contributed by atoms with E-state index >= 15 is 0 Å². The Morgan fingerprint density at radius 1 is 1.45 bits per heavy atom. The molecule has 0 saturated heterocycles. The standard InChI is InChI=1S/C14H18N4O2/c1-9(2)18-8-11(7-16-18)20-13-10(3)5-4-6-12(13)14(15)17-19/h4-9,19H,1-3H3,(H2,15,17). The van der Waals surface area contributed by atoms with Gasteiger partial charge in [-0.3, -0.25) is 4.68 Å². The van der Waals surface area contributed by atoms with Gasteiger partial charge in [0.25, 0.3) is 0 Å². The van der Waals surface area contributed by atoms with Crippen molar-refractivity contribution >= 4 is 5.84 Å². The topological polar surface area (TPSA) is 85.7 Å². The smallest absolute Gasteiger partial charge is 0.173 e. The van der Waals surface area contributed by atoms with Gasteiger partial charge in [0.1, 0.15) is 5.75 Å². The van der Waals surface area contributed by atoms with E-state index in [1.54, 1.807) is 16.9 Å². The highest BCUT2D eigenvalue weighted by Crippen LogP contribution is 2.29. The van der Waals surface area contributed by atoms with Crippen LogP contribution in [0.2, 0.25) is 0 Å². The van der Waals surface area contributed by atoms with Gasteiger partial charge >= 0.3 is 0 Å². The Bertz CT molecular complexity index is 632. The molecule has 1 aromatic heterocycles. The zero-order valence-electron chi connectivity index (χ0n) is 11.7. The number of oxime groups is 1. The molecule has 0 aliphatic carbocycles. The predicted molar refractivity (Wildman–Crippen MR) is 76.4 cm³/mol. The lowest BCUT2D eigenvalue weighted by atomic mass is 10.1. The first kappa shape index (κ1) is 13.9. The summed E-state index contributed by atoms with van der Waals surface area (Å²) in [6, 6.07) is 5.72. The first-order chi connectivity index (χ1) is 9.52. The molecule has 0 unspecified atom stereocenters. The molecule has 0 aliphatic heterocycles. The van der Waals surface area contributed by atoms with Crippen LogP contribution in [0.25, 0.3) is 0 Å². The van der Waals surface area contributed by atoms with Crippen LogP contribution in [-0.4, -0.2) is 20.8 Å². The summed E-state index contributed by atoms with van der Waals surface area (Å²) in [6.07, 6.45) is 3.45. The summed E-state index contributed by atoms with van der Waals surface area (Å²) in [6.45, 7) is 5.97. The molecule has 0 aliphatic rings. The van der Waals surface area contributed by atoms with Gasteiger partial charge in [-0.05, 0) is 32.4 Å². The number of ether oxygens (including phenoxy) is 1. The van der Waals surface area contributed by atoms with E-state index in [0.29, 0.717) is 17.1 Å². The van der Waals surface area contributed by atoms with E-state index in [4.69, 9.17) is 15.7 Å². The molecule has 1 aromatic carbocycles. The zero-order chi connectivity index (χ0) is 14.7. The van der Waals surface area contributed by atoms with Gasteiger partial charge < -0.3 is 15.7 Å². The fraction of sp³-hybridized carbons (Fsp3) is 0.286. The summed E-state index contributed by atoms with van der Waals surface area (Å²) in [5.41, 5.74) is 7.11. The highest BCUT2D eigenvalue weighted by atomic mass is 16.5. The highest BCUT2D eigenvalue weighted by molar-refractivity contribution is 6.00. The highest BCUT2D eigenvalue weighted by Gasteiger charge is 2.13. The van der Waals surface area contributed by atoms with Crippen molar-refractivity contribution in [3.8, 4) is 11.5 Å². The van der Waals surface area contributed by atoms with Crippen molar-refractivity contribution in [2.45, 2.75) is 26.8 Å². The van der Waals surface area contributed by atoms with Crippen molar-refractivity contribution in [2.75, 3.05) is 0 Å². The maximum atomic E-state index is 8.84. The van der Waals surface area contributed by atoms with E-state index in [1.165, 1.54) is 0 Å². The molecule has 0 fully saturated rings. The summed E-state index contributed by atoms with van der Waals surface area (Å²) in [7, 11) is 0. The molecule has 6 nitrogen and oxygen atoms in total. The second-order valence-electron chi connectivity index (χ2n) is 4.79. The third-order valence-corrected chi connectivity index (χ3v) is 2.92. The molecule has 0 bridgehead atoms. The normalized spacial score (nSPS) is 11.9. The van der Waals surface area contributed by atoms with Crippen molar-refractivity contribution in [3.05, 3.63) is 41.7 Å². The van der Waals surface area contributed by atoms with Crippen LogP contribution in [-0.2, 0) is 0 Å². The second kappa shape index (κ2) is 5.64. The van der Waals surface area contributed by atoms with E-state index in [-0.39, 0.29) is 11.9 Å². The van der Waals surface area contributed by atoms with E-state index < -0.39 is 0 Å². The third-order valence-electron chi connectivity index (χ3n) is 2.92. The number of amidine groups is 1. The Morgan fingerprint density at radius 2 is 2.20 bits per heavy atom. The Morgan fingerprint density at radius 3 is 2.80 bits per heavy atom. The van der Waals surface area contributed by atoms with Crippen molar-refractivity contribution in [2.24, 2.45) is 10.9 Å². The van der Waals surface area contributed by atoms with Crippen LogP contribution in [0.4, 0.5) is 0 Å². The molecule has 1 heterocycles. The van der Waals surface area contributed by atoms with Crippen molar-refractivity contribution in [1.29, 1.82) is 0 Å². The lowest BCUT2D eigenvalue weighted by Crippen LogP contribution is -2.14. The predicted octanol–water partition coefficient (Wildman–Crippen LogP) is 2.66. The Kier molecular flexibility index (Phi) is 3.93. The summed E-state index contributed by atoms with van der Waals surface area (Å²) < 4.78 is 7.64. The molecule has 2 aromatic rings. The van der Waals surface area contributed by atoms with Gasteiger partial charge in [0.15, 0.2) is 11.6 Å². The molecule has 0 saturated carbocycles. The maximum absolute atomic E-state index is 8.84. The number of aryl methyl sites for hydroxylation is 1. The monoisotopic (exact) mass is 274 g/mol. The molecular formula is C14H18N4O2. The minimum Gasteiger partial charge on any atom is -0.453 e. The van der Waals surface area contributed by atoms with Gasteiger partial charge in [0.2, 0.25) is 0 Å². The van der Waals surface area contributed by atoms with Crippen molar-refractivity contribution in [1.82, 2.24) is 9.78 Å². The van der Waals surface area contributed by atoms with Gasteiger partial charge in [-0.15, -0.1) is 0 Å². The Hall–Kier alpha value is -2.50. The van der Waals surface area contributed by atoms with Crippen LogP contribution in [0.5, 0.6) is 11.5 Å². The van der Waals surface area contributed by atoms with E-state index in [0.717, 1.165) is 5.56 Å². The van der Waals surface area contributed by atoms with Crippen LogP contribution in [0.1, 0.15) is 31.0 Å². The van der Waals surface area contributed by atoms with Crippen LogP contribution < -0.4 is 10.5 Å². The number of benzene rings is 1. The average Bonchev–Trinajstić information content (AvgIpc) is 2.89. The first-order valence-corrected chi connectivity index (χ1v) is 6.32. The molecule has 3 N–H and O–H groups in total. The van der Waals surface area contributed by atoms with Crippen LogP contribution in [0.3, 0.4) is 0 Å². The zero-order valence-corrected chi connectivity index (χ0v) is 11.7. The quantitative estimate of drug-likeness (QED) is 0.388. The largest absolute Gasteiger partial charge is 0.453 e. The lowest BCUT2D eigenvalue weighted by Gasteiger charge is -2.11.